The van der Waals surface area contributed by atoms with Crippen LogP contribution in [-0.2, 0) is 19.1 Å². The lowest BCUT2D eigenvalue weighted by Crippen LogP contribution is -2.60. The second kappa shape index (κ2) is 6.36. The number of fused-ring (bicyclic) bond motifs is 6. The molecular weight excluding hydrogens is 388 g/mol. The summed E-state index contributed by atoms with van der Waals surface area (Å²) >= 11 is 0. The van der Waals surface area contributed by atoms with E-state index in [1.807, 2.05) is 6.92 Å². The quantitative estimate of drug-likeness (QED) is 0.432. The molecule has 31 heavy (non-hydrogen) atoms. The summed E-state index contributed by atoms with van der Waals surface area (Å²) in [6.07, 6.45) is 13.1. The van der Waals surface area contributed by atoms with Crippen LogP contribution in [0.15, 0.2) is 0 Å². The molecule has 0 N–H and O–H groups in total. The first-order valence-electron chi connectivity index (χ1n) is 13.0. The average Bonchev–Trinajstić information content (AvgIpc) is 3.33. The van der Waals surface area contributed by atoms with Gasteiger partial charge in [0.2, 0.25) is 0 Å². The molecule has 5 aliphatic carbocycles. The number of carbonyl (C=O) groups excluding carboxylic acids is 2. The first-order valence-corrected chi connectivity index (χ1v) is 13.0. The molecule has 6 fully saturated rings. The molecule has 0 bridgehead atoms. The average molecular weight is 429 g/mol. The van der Waals surface area contributed by atoms with Gasteiger partial charge in [0.25, 0.3) is 0 Å². The second-order valence-corrected chi connectivity index (χ2v) is 12.7. The fourth-order valence-corrected chi connectivity index (χ4v) is 10.8. The van der Waals surface area contributed by atoms with Crippen molar-refractivity contribution in [1.29, 1.82) is 0 Å². The minimum atomic E-state index is -0.160. The van der Waals surface area contributed by atoms with Gasteiger partial charge in [-0.1, -0.05) is 26.7 Å². The highest BCUT2D eigenvalue weighted by atomic mass is 16.6. The lowest BCUT2D eigenvalue weighted by atomic mass is 9.42. The molecule has 0 amide bonds. The minimum Gasteiger partial charge on any atom is -0.462 e. The largest absolute Gasteiger partial charge is 0.462 e. The maximum Gasteiger partial charge on any atom is 0.302 e. The van der Waals surface area contributed by atoms with Crippen LogP contribution in [0.2, 0.25) is 0 Å². The summed E-state index contributed by atoms with van der Waals surface area (Å²) in [6, 6.07) is 0. The number of ketones is 1. The van der Waals surface area contributed by atoms with Crippen LogP contribution < -0.4 is 0 Å². The number of esters is 1. The van der Waals surface area contributed by atoms with E-state index in [2.05, 4.69) is 13.8 Å². The highest BCUT2D eigenvalue weighted by Crippen LogP contribution is 2.77. The van der Waals surface area contributed by atoms with Crippen molar-refractivity contribution in [2.45, 2.75) is 116 Å². The predicted octanol–water partition coefficient (Wildman–Crippen LogP) is 5.47. The van der Waals surface area contributed by atoms with E-state index in [-0.39, 0.29) is 33.9 Å². The molecule has 0 aromatic carbocycles. The van der Waals surface area contributed by atoms with Gasteiger partial charge in [0.1, 0.15) is 17.5 Å². The maximum atomic E-state index is 13.2. The summed E-state index contributed by atoms with van der Waals surface area (Å²) in [7, 11) is 0. The van der Waals surface area contributed by atoms with E-state index in [1.165, 1.54) is 45.4 Å². The van der Waals surface area contributed by atoms with Crippen molar-refractivity contribution < 1.29 is 19.1 Å². The van der Waals surface area contributed by atoms with Gasteiger partial charge in [0, 0.05) is 24.2 Å². The lowest BCUT2D eigenvalue weighted by molar-refractivity contribution is -0.163. The highest BCUT2D eigenvalue weighted by Gasteiger charge is 2.78. The van der Waals surface area contributed by atoms with E-state index in [0.717, 1.165) is 32.1 Å². The summed E-state index contributed by atoms with van der Waals surface area (Å²) in [4.78, 5) is 24.8. The third-order valence-corrected chi connectivity index (χ3v) is 12.0. The van der Waals surface area contributed by atoms with Crippen LogP contribution in [0, 0.1) is 39.9 Å². The molecule has 1 heterocycles. The van der Waals surface area contributed by atoms with Gasteiger partial charge in [0.05, 0.1) is 6.10 Å². The third-order valence-electron chi connectivity index (χ3n) is 12.0. The Kier molecular flexibility index (Phi) is 4.25. The zero-order valence-electron chi connectivity index (χ0n) is 19.9. The Balaban J connectivity index is 1.33. The third kappa shape index (κ3) is 2.36. The molecule has 10 atom stereocenters. The summed E-state index contributed by atoms with van der Waals surface area (Å²) in [5, 5.41) is 0. The van der Waals surface area contributed by atoms with Gasteiger partial charge in [-0.2, -0.15) is 0 Å². The standard InChI is InChI=1S/C27H40O4/c1-16(28)26-10-6-5-7-18(26)13-22-20-14-23-27(31-23)15-19(30-17(2)29)8-11-25(27,4)21(20)9-12-24(22,26)3/h18-23H,5-15H2,1-4H3/t18?,19-,20?,21?,22?,23+,24+,25-,26?,27+/m1/s1. The van der Waals surface area contributed by atoms with E-state index in [4.69, 9.17) is 9.47 Å². The molecule has 0 aromatic heterocycles. The number of ether oxygens (including phenoxy) is 2. The molecule has 1 spiro atoms. The molecule has 1 saturated heterocycles. The molecule has 6 rings (SSSR count). The highest BCUT2D eigenvalue weighted by molar-refractivity contribution is 5.84. The van der Waals surface area contributed by atoms with Crippen molar-refractivity contribution in [1.82, 2.24) is 0 Å². The molecule has 6 aliphatic rings. The fraction of sp³-hybridized carbons (Fsp3) is 0.926. The number of Topliss-reactive ketones (excluding diaryl/α,β-unsaturated/α-hetero) is 1. The van der Waals surface area contributed by atoms with Crippen LogP contribution >= 0.6 is 0 Å². The van der Waals surface area contributed by atoms with Crippen LogP contribution in [0.5, 0.6) is 0 Å². The van der Waals surface area contributed by atoms with Crippen LogP contribution in [0.25, 0.3) is 0 Å². The zero-order valence-corrected chi connectivity index (χ0v) is 19.9. The lowest BCUT2D eigenvalue weighted by Gasteiger charge is -2.61. The van der Waals surface area contributed by atoms with Crippen molar-refractivity contribution in [3.05, 3.63) is 0 Å². The van der Waals surface area contributed by atoms with Gasteiger partial charge in [-0.05, 0) is 87.4 Å². The smallest absolute Gasteiger partial charge is 0.302 e. The molecule has 4 heteroatoms. The molecule has 4 nitrogen and oxygen atoms in total. The first kappa shape index (κ1) is 20.7. The Labute approximate surface area is 187 Å². The van der Waals surface area contributed by atoms with Gasteiger partial charge in [0.15, 0.2) is 0 Å². The summed E-state index contributed by atoms with van der Waals surface area (Å²) in [5.41, 5.74) is 0.235. The van der Waals surface area contributed by atoms with Crippen LogP contribution in [0.4, 0.5) is 0 Å². The van der Waals surface area contributed by atoms with Crippen molar-refractivity contribution in [2.24, 2.45) is 39.9 Å². The van der Waals surface area contributed by atoms with Crippen molar-refractivity contribution in [3.63, 3.8) is 0 Å². The maximum absolute atomic E-state index is 13.2. The molecule has 172 valence electrons. The molecule has 0 radical (unpaired) electrons. The fourth-order valence-electron chi connectivity index (χ4n) is 10.8. The molecule has 5 unspecified atom stereocenters. The molecule has 1 aliphatic heterocycles. The van der Waals surface area contributed by atoms with E-state index in [1.54, 1.807) is 0 Å². The topological polar surface area (TPSA) is 55.9 Å². The van der Waals surface area contributed by atoms with Gasteiger partial charge in [-0.25, -0.2) is 0 Å². The number of carbonyl (C=O) groups is 2. The molecule has 0 aromatic rings. The Hall–Kier alpha value is -0.900. The number of hydrogen-bond donors (Lipinski definition) is 0. The minimum absolute atomic E-state index is 0.0244. The molecule has 5 saturated carbocycles. The number of rotatable bonds is 2. The SMILES string of the molecule is CC(=O)O[C@@H]1CC[C@]2(C)C3CC[C@@]4(C)C(CC5CCCCC54C(C)=O)C3C[C@@H]3O[C@@]32C1. The summed E-state index contributed by atoms with van der Waals surface area (Å²) in [5.74, 6) is 2.98. The number of epoxide rings is 1. The second-order valence-electron chi connectivity index (χ2n) is 12.7. The van der Waals surface area contributed by atoms with Gasteiger partial charge in [-0.3, -0.25) is 9.59 Å². The first-order chi connectivity index (χ1) is 14.7. The normalized spacial score (nSPS) is 56.9. The van der Waals surface area contributed by atoms with E-state index >= 15 is 0 Å². The Bertz CT molecular complexity index is 822. The van der Waals surface area contributed by atoms with Crippen LogP contribution in [0.3, 0.4) is 0 Å². The Morgan fingerprint density at radius 3 is 2.42 bits per heavy atom. The van der Waals surface area contributed by atoms with Gasteiger partial charge >= 0.3 is 5.97 Å². The summed E-state index contributed by atoms with van der Waals surface area (Å²) < 4.78 is 12.2. The van der Waals surface area contributed by atoms with E-state index < -0.39 is 0 Å². The monoisotopic (exact) mass is 428 g/mol. The Morgan fingerprint density at radius 1 is 0.903 bits per heavy atom. The molecular formula is C27H40O4. The Morgan fingerprint density at radius 2 is 1.68 bits per heavy atom. The zero-order chi connectivity index (χ0) is 21.8. The van der Waals surface area contributed by atoms with E-state index in [9.17, 15) is 9.59 Å². The van der Waals surface area contributed by atoms with Crippen LogP contribution in [-0.4, -0.2) is 29.6 Å². The number of hydrogen-bond acceptors (Lipinski definition) is 4. The van der Waals surface area contributed by atoms with E-state index in [0.29, 0.717) is 35.6 Å². The summed E-state index contributed by atoms with van der Waals surface area (Å²) in [6.45, 7) is 8.45. The van der Waals surface area contributed by atoms with Crippen molar-refractivity contribution in [3.8, 4) is 0 Å². The van der Waals surface area contributed by atoms with Crippen molar-refractivity contribution >= 4 is 11.8 Å². The predicted molar refractivity (Wildman–Crippen MR) is 117 cm³/mol. The van der Waals surface area contributed by atoms with Crippen molar-refractivity contribution in [2.75, 3.05) is 0 Å². The van der Waals surface area contributed by atoms with Gasteiger partial charge < -0.3 is 9.47 Å². The van der Waals surface area contributed by atoms with Gasteiger partial charge in [-0.15, -0.1) is 0 Å². The van der Waals surface area contributed by atoms with Crippen LogP contribution in [0.1, 0.15) is 98.3 Å².